The van der Waals surface area contributed by atoms with Crippen molar-refractivity contribution >= 4 is 0 Å². The average Bonchev–Trinajstić information content (AvgIpc) is 2.43. The van der Waals surface area contributed by atoms with Crippen molar-refractivity contribution in [1.29, 1.82) is 0 Å². The molecule has 2 aliphatic rings. The Kier molecular flexibility index (Phi) is 4.03. The molecular formula is C16H22F2N2. The van der Waals surface area contributed by atoms with Crippen LogP contribution in [-0.2, 0) is 6.54 Å². The Balaban J connectivity index is 1.68. The molecule has 1 N–H and O–H groups in total. The number of halogens is 2. The summed E-state index contributed by atoms with van der Waals surface area (Å²) in [5.41, 5.74) is 0.826. The topological polar surface area (TPSA) is 15.3 Å². The first-order chi connectivity index (χ1) is 9.67. The van der Waals surface area contributed by atoms with Crippen molar-refractivity contribution in [1.82, 2.24) is 10.2 Å². The second-order valence-corrected chi connectivity index (χ2v) is 6.21. The van der Waals surface area contributed by atoms with E-state index in [1.165, 1.54) is 38.2 Å². The van der Waals surface area contributed by atoms with Gasteiger partial charge in [0.25, 0.3) is 0 Å². The Hall–Kier alpha value is -1.00. The predicted molar refractivity (Wildman–Crippen MR) is 75.5 cm³/mol. The van der Waals surface area contributed by atoms with Gasteiger partial charge in [0.15, 0.2) is 0 Å². The lowest BCUT2D eigenvalue weighted by atomic mass is 9.80. The third-order valence-electron chi connectivity index (χ3n) is 4.67. The third-order valence-corrected chi connectivity index (χ3v) is 4.67. The van der Waals surface area contributed by atoms with Crippen molar-refractivity contribution in [2.75, 3.05) is 19.6 Å². The number of hydrogen-bond donors (Lipinski definition) is 1. The van der Waals surface area contributed by atoms with Gasteiger partial charge in [0, 0.05) is 43.3 Å². The van der Waals surface area contributed by atoms with Crippen LogP contribution in [-0.4, -0.2) is 30.1 Å². The smallest absolute Gasteiger partial charge is 0.130 e. The van der Waals surface area contributed by atoms with Crippen molar-refractivity contribution in [2.24, 2.45) is 0 Å². The first-order valence-corrected chi connectivity index (χ1v) is 7.58. The van der Waals surface area contributed by atoms with Crippen LogP contribution in [0.25, 0.3) is 0 Å². The zero-order valence-corrected chi connectivity index (χ0v) is 11.8. The Morgan fingerprint density at radius 3 is 2.70 bits per heavy atom. The highest BCUT2D eigenvalue weighted by molar-refractivity contribution is 5.18. The van der Waals surface area contributed by atoms with E-state index >= 15 is 0 Å². The van der Waals surface area contributed by atoms with E-state index in [2.05, 4.69) is 10.2 Å². The zero-order valence-electron chi connectivity index (χ0n) is 11.8. The molecule has 1 aromatic carbocycles. The molecule has 20 heavy (non-hydrogen) atoms. The van der Waals surface area contributed by atoms with Crippen molar-refractivity contribution in [2.45, 2.75) is 44.2 Å². The van der Waals surface area contributed by atoms with Gasteiger partial charge in [-0.25, -0.2) is 8.78 Å². The molecule has 2 nitrogen and oxygen atoms in total. The van der Waals surface area contributed by atoms with Gasteiger partial charge >= 0.3 is 0 Å². The third kappa shape index (κ3) is 3.01. The van der Waals surface area contributed by atoms with E-state index in [4.69, 9.17) is 0 Å². The van der Waals surface area contributed by atoms with Crippen molar-refractivity contribution in [3.8, 4) is 0 Å². The largest absolute Gasteiger partial charge is 0.309 e. The van der Waals surface area contributed by atoms with E-state index in [-0.39, 0.29) is 5.54 Å². The molecule has 1 saturated carbocycles. The molecule has 4 heteroatoms. The van der Waals surface area contributed by atoms with Crippen LogP contribution in [0, 0.1) is 11.6 Å². The maximum atomic E-state index is 13.8. The molecule has 1 aromatic rings. The Bertz CT molecular complexity index is 464. The summed E-state index contributed by atoms with van der Waals surface area (Å²) in [4.78, 5) is 2.30. The predicted octanol–water partition coefficient (Wildman–Crippen LogP) is 3.07. The van der Waals surface area contributed by atoms with Crippen LogP contribution in [0.5, 0.6) is 0 Å². The van der Waals surface area contributed by atoms with E-state index in [1.807, 2.05) is 0 Å². The minimum absolute atomic E-state index is 0.229. The quantitative estimate of drug-likeness (QED) is 0.895. The fourth-order valence-electron chi connectivity index (χ4n) is 3.63. The van der Waals surface area contributed by atoms with Crippen LogP contribution in [0.2, 0.25) is 0 Å². The zero-order chi connectivity index (χ0) is 14.0. The van der Waals surface area contributed by atoms with E-state index < -0.39 is 11.6 Å². The Labute approximate surface area is 119 Å². The highest BCUT2D eigenvalue weighted by Gasteiger charge is 2.36. The molecule has 0 atom stereocenters. The van der Waals surface area contributed by atoms with E-state index in [0.29, 0.717) is 12.1 Å². The fourth-order valence-corrected chi connectivity index (χ4v) is 3.63. The summed E-state index contributed by atoms with van der Waals surface area (Å²) >= 11 is 0. The summed E-state index contributed by atoms with van der Waals surface area (Å²) in [6.45, 7) is 3.45. The molecule has 0 amide bonds. The standard InChI is InChI=1S/C16H22F2N2/c17-14-5-4-13(15(18)10-14)11-20-9-8-19-16(12-20)6-2-1-3-7-16/h4-5,10,19H,1-3,6-9,11-12H2. The summed E-state index contributed by atoms with van der Waals surface area (Å²) in [6, 6.07) is 3.89. The summed E-state index contributed by atoms with van der Waals surface area (Å²) in [5.74, 6) is -0.934. The van der Waals surface area contributed by atoms with Gasteiger partial charge in [-0.1, -0.05) is 25.3 Å². The van der Waals surface area contributed by atoms with Gasteiger partial charge in [0.05, 0.1) is 0 Å². The monoisotopic (exact) mass is 280 g/mol. The lowest BCUT2D eigenvalue weighted by Crippen LogP contribution is -2.60. The van der Waals surface area contributed by atoms with E-state index in [0.717, 1.165) is 25.7 Å². The maximum absolute atomic E-state index is 13.8. The van der Waals surface area contributed by atoms with Gasteiger partial charge in [-0.2, -0.15) is 0 Å². The number of nitrogens with one attached hydrogen (secondary N) is 1. The minimum Gasteiger partial charge on any atom is -0.309 e. The molecule has 2 fully saturated rings. The molecule has 3 rings (SSSR count). The highest BCUT2D eigenvalue weighted by Crippen LogP contribution is 2.31. The number of nitrogens with zero attached hydrogens (tertiary/aromatic N) is 1. The average molecular weight is 280 g/mol. The maximum Gasteiger partial charge on any atom is 0.130 e. The van der Waals surface area contributed by atoms with Crippen LogP contribution in [0.1, 0.15) is 37.7 Å². The summed E-state index contributed by atoms with van der Waals surface area (Å²) in [7, 11) is 0. The molecular weight excluding hydrogens is 258 g/mol. The lowest BCUT2D eigenvalue weighted by molar-refractivity contribution is 0.0937. The number of rotatable bonds is 2. The second kappa shape index (κ2) is 5.78. The summed E-state index contributed by atoms with van der Waals surface area (Å²) in [5, 5.41) is 3.68. The van der Waals surface area contributed by atoms with Gasteiger partial charge < -0.3 is 5.32 Å². The fraction of sp³-hybridized carbons (Fsp3) is 0.625. The Morgan fingerprint density at radius 1 is 1.15 bits per heavy atom. The Morgan fingerprint density at radius 2 is 1.95 bits per heavy atom. The van der Waals surface area contributed by atoms with Gasteiger partial charge in [0.1, 0.15) is 11.6 Å². The number of hydrogen-bond acceptors (Lipinski definition) is 2. The van der Waals surface area contributed by atoms with Gasteiger partial charge in [-0.05, 0) is 18.9 Å². The molecule has 1 heterocycles. The minimum atomic E-state index is -0.504. The van der Waals surface area contributed by atoms with E-state index in [9.17, 15) is 8.78 Å². The summed E-state index contributed by atoms with van der Waals surface area (Å²) < 4.78 is 26.7. The molecule has 1 spiro atoms. The van der Waals surface area contributed by atoms with Gasteiger partial charge in [-0.3, -0.25) is 4.90 Å². The van der Waals surface area contributed by atoms with Gasteiger partial charge in [-0.15, -0.1) is 0 Å². The van der Waals surface area contributed by atoms with E-state index in [1.54, 1.807) is 6.07 Å². The van der Waals surface area contributed by atoms with Crippen molar-refractivity contribution < 1.29 is 8.78 Å². The molecule has 1 saturated heterocycles. The van der Waals surface area contributed by atoms with Crippen molar-refractivity contribution in [3.05, 3.63) is 35.4 Å². The van der Waals surface area contributed by atoms with Crippen molar-refractivity contribution in [3.63, 3.8) is 0 Å². The summed E-state index contributed by atoms with van der Waals surface area (Å²) in [6.07, 6.45) is 6.33. The van der Waals surface area contributed by atoms with Crippen LogP contribution in [0.15, 0.2) is 18.2 Å². The highest BCUT2D eigenvalue weighted by atomic mass is 19.1. The first kappa shape index (κ1) is 14.0. The molecule has 0 unspecified atom stereocenters. The van der Waals surface area contributed by atoms with Crippen LogP contribution in [0.3, 0.4) is 0 Å². The first-order valence-electron chi connectivity index (χ1n) is 7.58. The van der Waals surface area contributed by atoms with Gasteiger partial charge in [0.2, 0.25) is 0 Å². The molecule has 0 bridgehead atoms. The van der Waals surface area contributed by atoms with Crippen LogP contribution < -0.4 is 5.32 Å². The molecule has 1 aliphatic carbocycles. The van der Waals surface area contributed by atoms with Crippen LogP contribution in [0.4, 0.5) is 8.78 Å². The number of benzene rings is 1. The second-order valence-electron chi connectivity index (χ2n) is 6.21. The SMILES string of the molecule is Fc1ccc(CN2CCNC3(CCCCC3)C2)c(F)c1. The lowest BCUT2D eigenvalue weighted by Gasteiger charge is -2.46. The molecule has 0 radical (unpaired) electrons. The normalized spacial score (nSPS) is 23.1. The number of piperazine rings is 1. The molecule has 110 valence electrons. The molecule has 1 aliphatic heterocycles. The van der Waals surface area contributed by atoms with Crippen LogP contribution >= 0.6 is 0 Å². The molecule has 0 aromatic heterocycles.